The molecule has 2 aromatic heterocycles. The van der Waals surface area contributed by atoms with Crippen LogP contribution in [0.25, 0.3) is 10.9 Å². The van der Waals surface area contributed by atoms with Crippen LogP contribution in [0.3, 0.4) is 0 Å². The number of amides is 1. The minimum atomic E-state index is -1.09. The number of carbonyl (C=O) groups is 2. The predicted octanol–water partition coefficient (Wildman–Crippen LogP) is 4.39. The molecule has 0 fully saturated rings. The number of ether oxygens (including phenoxy) is 1. The van der Waals surface area contributed by atoms with Gasteiger partial charge in [0.15, 0.2) is 0 Å². The van der Waals surface area contributed by atoms with E-state index < -0.39 is 17.9 Å². The standard InChI is InChI=1S/C29H30N4O4.H2S/c34-28(21-9-10-22-18-30-33-26(22)17-21)32-27(29(35)36)16-19-7-13-24(14-8-19)37-15-3-5-23-12-11-20-4-1-2-6-25(20)31-23;/h7-14,17-18,27H,1-6,15-16H2,(H,30,33)(H,32,34)(H,35,36);1H2/t27-;/m0./s1. The second-order valence-electron chi connectivity index (χ2n) is 9.45. The summed E-state index contributed by atoms with van der Waals surface area (Å²) in [6.07, 6.45) is 8.28. The fourth-order valence-electron chi connectivity index (χ4n) is 4.69. The second-order valence-corrected chi connectivity index (χ2v) is 9.45. The number of benzene rings is 2. The number of aromatic nitrogens is 3. The molecule has 2 aromatic carbocycles. The van der Waals surface area contributed by atoms with Crippen molar-refractivity contribution in [2.75, 3.05) is 6.61 Å². The zero-order valence-corrected chi connectivity index (χ0v) is 22.1. The van der Waals surface area contributed by atoms with E-state index in [9.17, 15) is 14.7 Å². The number of hydrogen-bond acceptors (Lipinski definition) is 5. The molecule has 5 rings (SSSR count). The van der Waals surface area contributed by atoms with E-state index in [0.29, 0.717) is 17.7 Å². The van der Waals surface area contributed by atoms with Crippen molar-refractivity contribution in [3.05, 3.63) is 88.9 Å². The number of nitrogens with zero attached hydrogens (tertiary/aromatic N) is 2. The third-order valence-electron chi connectivity index (χ3n) is 6.75. The molecule has 38 heavy (non-hydrogen) atoms. The number of aryl methyl sites for hydroxylation is 3. The average molecular weight is 533 g/mol. The number of hydrogen-bond donors (Lipinski definition) is 3. The summed E-state index contributed by atoms with van der Waals surface area (Å²) in [5.41, 5.74) is 5.65. The quantitative estimate of drug-likeness (QED) is 0.261. The molecule has 9 heteroatoms. The van der Waals surface area contributed by atoms with Crippen molar-refractivity contribution in [1.29, 1.82) is 0 Å². The summed E-state index contributed by atoms with van der Waals surface area (Å²) >= 11 is 0. The number of H-pyrrole nitrogens is 1. The van der Waals surface area contributed by atoms with Crippen LogP contribution in [0.2, 0.25) is 0 Å². The molecule has 0 aliphatic heterocycles. The maximum atomic E-state index is 12.7. The molecule has 8 nitrogen and oxygen atoms in total. The van der Waals surface area contributed by atoms with Gasteiger partial charge in [0.05, 0.1) is 18.3 Å². The Hall–Kier alpha value is -3.85. The SMILES string of the molecule is O=C(N[C@@H](Cc1ccc(OCCCc2ccc3c(n2)CCCC3)cc1)C(=O)O)c1ccc2cn[nH]c2c1.S. The number of carboxylic acids is 1. The highest BCUT2D eigenvalue weighted by Crippen LogP contribution is 2.20. The van der Waals surface area contributed by atoms with E-state index >= 15 is 0 Å². The van der Waals surface area contributed by atoms with Crippen molar-refractivity contribution in [2.24, 2.45) is 0 Å². The summed E-state index contributed by atoms with van der Waals surface area (Å²) in [6.45, 7) is 0.576. The number of carbonyl (C=O) groups excluding carboxylic acids is 1. The van der Waals surface area contributed by atoms with Crippen LogP contribution < -0.4 is 10.1 Å². The van der Waals surface area contributed by atoms with Crippen molar-refractivity contribution in [3.63, 3.8) is 0 Å². The van der Waals surface area contributed by atoms with Crippen LogP contribution in [0.1, 0.15) is 52.1 Å². The Bertz CT molecular complexity index is 1400. The molecule has 1 aliphatic carbocycles. The molecule has 3 N–H and O–H groups in total. The van der Waals surface area contributed by atoms with Crippen molar-refractivity contribution >= 4 is 36.3 Å². The highest BCUT2D eigenvalue weighted by Gasteiger charge is 2.21. The van der Waals surface area contributed by atoms with E-state index in [0.717, 1.165) is 48.1 Å². The average Bonchev–Trinajstić information content (AvgIpc) is 3.39. The van der Waals surface area contributed by atoms with Gasteiger partial charge in [-0.3, -0.25) is 14.9 Å². The van der Waals surface area contributed by atoms with E-state index in [1.165, 1.54) is 24.1 Å². The third-order valence-corrected chi connectivity index (χ3v) is 6.75. The first-order valence-corrected chi connectivity index (χ1v) is 12.7. The van der Waals surface area contributed by atoms with Gasteiger partial charge in [0.2, 0.25) is 0 Å². The first kappa shape index (κ1) is 27.2. The van der Waals surface area contributed by atoms with E-state index in [1.807, 2.05) is 24.3 Å². The topological polar surface area (TPSA) is 117 Å². The maximum absolute atomic E-state index is 12.7. The summed E-state index contributed by atoms with van der Waals surface area (Å²) in [4.78, 5) is 29.3. The zero-order chi connectivity index (χ0) is 25.6. The van der Waals surface area contributed by atoms with E-state index in [-0.39, 0.29) is 19.9 Å². The van der Waals surface area contributed by atoms with Crippen molar-refractivity contribution in [3.8, 4) is 5.75 Å². The molecule has 1 atom stereocenters. The van der Waals surface area contributed by atoms with Gasteiger partial charge < -0.3 is 15.2 Å². The van der Waals surface area contributed by atoms with Crippen LogP contribution in [-0.2, 0) is 30.5 Å². The molecule has 0 radical (unpaired) electrons. The van der Waals surface area contributed by atoms with E-state index in [2.05, 4.69) is 27.6 Å². The second kappa shape index (κ2) is 12.6. The van der Waals surface area contributed by atoms with Crippen LogP contribution in [-0.4, -0.2) is 44.8 Å². The van der Waals surface area contributed by atoms with Gasteiger partial charge in [-0.1, -0.05) is 24.3 Å². The van der Waals surface area contributed by atoms with Gasteiger partial charge in [-0.05, 0) is 80.0 Å². The minimum absolute atomic E-state index is 0. The molecule has 0 saturated carbocycles. The Morgan fingerprint density at radius 1 is 1.05 bits per heavy atom. The molecular formula is C29H32N4O4S. The molecule has 0 spiro atoms. The molecule has 0 unspecified atom stereocenters. The van der Waals surface area contributed by atoms with Gasteiger partial charge >= 0.3 is 5.97 Å². The van der Waals surface area contributed by atoms with Gasteiger partial charge in [0.25, 0.3) is 5.91 Å². The fourth-order valence-corrected chi connectivity index (χ4v) is 4.69. The number of aliphatic carboxylic acids is 1. The van der Waals surface area contributed by atoms with Crippen LogP contribution in [0, 0.1) is 0 Å². The van der Waals surface area contributed by atoms with E-state index in [1.54, 1.807) is 24.4 Å². The number of nitrogens with one attached hydrogen (secondary N) is 2. The predicted molar refractivity (Wildman–Crippen MR) is 150 cm³/mol. The third kappa shape index (κ3) is 6.72. The van der Waals surface area contributed by atoms with Crippen LogP contribution >= 0.6 is 13.5 Å². The van der Waals surface area contributed by atoms with Crippen molar-refractivity contribution in [1.82, 2.24) is 20.5 Å². The highest BCUT2D eigenvalue weighted by atomic mass is 32.1. The Morgan fingerprint density at radius 3 is 2.68 bits per heavy atom. The van der Waals surface area contributed by atoms with Crippen molar-refractivity contribution < 1.29 is 19.4 Å². The van der Waals surface area contributed by atoms with E-state index in [4.69, 9.17) is 9.72 Å². The summed E-state index contributed by atoms with van der Waals surface area (Å²) in [5.74, 6) is -0.810. The lowest BCUT2D eigenvalue weighted by Crippen LogP contribution is -2.42. The van der Waals surface area contributed by atoms with Gasteiger partial charge in [0.1, 0.15) is 11.8 Å². The minimum Gasteiger partial charge on any atom is -0.494 e. The number of rotatable bonds is 10. The summed E-state index contributed by atoms with van der Waals surface area (Å²) in [5, 5.41) is 19.9. The number of aromatic amines is 1. The lowest BCUT2D eigenvalue weighted by molar-refractivity contribution is -0.139. The molecule has 198 valence electrons. The molecule has 0 bridgehead atoms. The smallest absolute Gasteiger partial charge is 0.326 e. The lowest BCUT2D eigenvalue weighted by Gasteiger charge is -2.16. The Balaban J connectivity index is 0.00000336. The number of fused-ring (bicyclic) bond motifs is 2. The maximum Gasteiger partial charge on any atom is 0.326 e. The molecule has 0 saturated heterocycles. The molecule has 2 heterocycles. The zero-order valence-electron chi connectivity index (χ0n) is 21.1. The van der Waals surface area contributed by atoms with Crippen LogP contribution in [0.15, 0.2) is 60.8 Å². The molecule has 4 aromatic rings. The van der Waals surface area contributed by atoms with Gasteiger partial charge in [-0.15, -0.1) is 0 Å². The Labute approximate surface area is 228 Å². The summed E-state index contributed by atoms with van der Waals surface area (Å²) in [7, 11) is 0. The normalized spacial score (nSPS) is 13.3. The van der Waals surface area contributed by atoms with Crippen LogP contribution in [0.5, 0.6) is 5.75 Å². The number of carboxylic acid groups (broad SMARTS) is 1. The van der Waals surface area contributed by atoms with Crippen molar-refractivity contribution in [2.45, 2.75) is 51.0 Å². The highest BCUT2D eigenvalue weighted by molar-refractivity contribution is 7.59. The molecule has 1 amide bonds. The molecule has 1 aliphatic rings. The Kier molecular flexibility index (Phi) is 9.02. The number of pyridine rings is 1. The lowest BCUT2D eigenvalue weighted by atomic mass is 9.95. The van der Waals surface area contributed by atoms with Crippen LogP contribution in [0.4, 0.5) is 0 Å². The Morgan fingerprint density at radius 2 is 1.87 bits per heavy atom. The largest absolute Gasteiger partial charge is 0.494 e. The fraction of sp³-hybridized carbons (Fsp3) is 0.310. The van der Waals surface area contributed by atoms with Gasteiger partial charge in [0, 0.05) is 28.8 Å². The van der Waals surface area contributed by atoms with Gasteiger partial charge in [-0.2, -0.15) is 18.6 Å². The first-order chi connectivity index (χ1) is 18.0. The van der Waals surface area contributed by atoms with Gasteiger partial charge in [-0.25, -0.2) is 4.79 Å². The summed E-state index contributed by atoms with van der Waals surface area (Å²) < 4.78 is 5.88. The first-order valence-electron chi connectivity index (χ1n) is 12.7. The summed E-state index contributed by atoms with van der Waals surface area (Å²) in [6, 6.07) is 15.7. The molecular weight excluding hydrogens is 500 g/mol. The monoisotopic (exact) mass is 532 g/mol.